The summed E-state index contributed by atoms with van der Waals surface area (Å²) in [6, 6.07) is -1.63. The molecule has 0 aromatic rings. The number of nitrogens with one attached hydrogen (secondary N) is 1. The SMILES string of the molecule is CC(C)C[C@H](N)C(=O)N[C@@H](CS)C(=O)O. The molecule has 0 radical (unpaired) electrons. The lowest BCUT2D eigenvalue weighted by Crippen LogP contribution is -2.49. The predicted molar refractivity (Wildman–Crippen MR) is 60.8 cm³/mol. The molecular formula is C9H18N2O3S. The average Bonchev–Trinajstić information content (AvgIpc) is 2.11. The monoisotopic (exact) mass is 234 g/mol. The van der Waals surface area contributed by atoms with E-state index in [9.17, 15) is 9.59 Å². The zero-order valence-electron chi connectivity index (χ0n) is 8.93. The van der Waals surface area contributed by atoms with Crippen LogP contribution in [0.5, 0.6) is 0 Å². The number of amides is 1. The average molecular weight is 234 g/mol. The van der Waals surface area contributed by atoms with Crippen LogP contribution in [0.25, 0.3) is 0 Å². The van der Waals surface area contributed by atoms with Gasteiger partial charge >= 0.3 is 5.97 Å². The highest BCUT2D eigenvalue weighted by Gasteiger charge is 2.22. The van der Waals surface area contributed by atoms with E-state index < -0.39 is 24.0 Å². The Morgan fingerprint density at radius 2 is 2.00 bits per heavy atom. The molecule has 0 saturated heterocycles. The summed E-state index contributed by atoms with van der Waals surface area (Å²) in [4.78, 5) is 22.0. The third-order valence-corrected chi connectivity index (χ3v) is 2.22. The number of rotatable bonds is 6. The molecule has 0 saturated carbocycles. The summed E-state index contributed by atoms with van der Waals surface area (Å²) in [5.74, 6) is -1.19. The Morgan fingerprint density at radius 1 is 1.47 bits per heavy atom. The Bertz CT molecular complexity index is 233. The minimum atomic E-state index is -1.10. The second-order valence-electron chi connectivity index (χ2n) is 3.82. The van der Waals surface area contributed by atoms with E-state index in [-0.39, 0.29) is 5.75 Å². The first kappa shape index (κ1) is 14.2. The van der Waals surface area contributed by atoms with Crippen molar-refractivity contribution >= 4 is 24.5 Å². The van der Waals surface area contributed by atoms with Gasteiger partial charge in [0.05, 0.1) is 6.04 Å². The smallest absolute Gasteiger partial charge is 0.327 e. The van der Waals surface area contributed by atoms with Crippen molar-refractivity contribution in [2.75, 3.05) is 5.75 Å². The highest BCUT2D eigenvalue weighted by Crippen LogP contribution is 2.03. The number of hydrogen-bond donors (Lipinski definition) is 4. The summed E-state index contributed by atoms with van der Waals surface area (Å²) < 4.78 is 0. The Balaban J connectivity index is 4.16. The molecule has 6 heteroatoms. The summed E-state index contributed by atoms with van der Waals surface area (Å²) in [6.07, 6.45) is 0.532. The minimum absolute atomic E-state index is 0.0511. The van der Waals surface area contributed by atoms with Crippen LogP contribution in [0.15, 0.2) is 0 Å². The van der Waals surface area contributed by atoms with E-state index in [1.165, 1.54) is 0 Å². The summed E-state index contributed by atoms with van der Waals surface area (Å²) in [6.45, 7) is 3.89. The lowest BCUT2D eigenvalue weighted by molar-refractivity contribution is -0.141. The fourth-order valence-electron chi connectivity index (χ4n) is 1.08. The van der Waals surface area contributed by atoms with Gasteiger partial charge in [-0.15, -0.1) is 0 Å². The molecule has 0 aliphatic heterocycles. The number of hydrogen-bond acceptors (Lipinski definition) is 4. The van der Waals surface area contributed by atoms with Gasteiger partial charge in [0.15, 0.2) is 0 Å². The summed E-state index contributed by atoms with van der Waals surface area (Å²) in [5.41, 5.74) is 5.59. The number of carboxylic acid groups (broad SMARTS) is 1. The van der Waals surface area contributed by atoms with Crippen LogP contribution in [0.2, 0.25) is 0 Å². The maximum absolute atomic E-state index is 11.4. The quantitative estimate of drug-likeness (QED) is 0.481. The van der Waals surface area contributed by atoms with Gasteiger partial charge in [-0.25, -0.2) is 4.79 Å². The van der Waals surface area contributed by atoms with Crippen LogP contribution in [-0.4, -0.2) is 34.8 Å². The fraction of sp³-hybridized carbons (Fsp3) is 0.778. The summed E-state index contributed by atoms with van der Waals surface area (Å²) >= 11 is 3.83. The highest BCUT2D eigenvalue weighted by molar-refractivity contribution is 7.80. The molecule has 2 atom stereocenters. The molecule has 0 fully saturated rings. The van der Waals surface area contributed by atoms with E-state index in [0.717, 1.165) is 0 Å². The Hall–Kier alpha value is -0.750. The third-order valence-electron chi connectivity index (χ3n) is 1.86. The molecule has 4 N–H and O–H groups in total. The number of carboxylic acids is 1. The van der Waals surface area contributed by atoms with Crippen LogP contribution in [-0.2, 0) is 9.59 Å². The summed E-state index contributed by atoms with van der Waals surface area (Å²) in [7, 11) is 0. The van der Waals surface area contributed by atoms with Gasteiger partial charge in [0.25, 0.3) is 0 Å². The second kappa shape index (κ2) is 6.68. The molecule has 0 aromatic carbocycles. The predicted octanol–water partition coefficient (Wildman–Crippen LogP) is -0.141. The maximum atomic E-state index is 11.4. The topological polar surface area (TPSA) is 92.4 Å². The van der Waals surface area contributed by atoms with E-state index in [4.69, 9.17) is 10.8 Å². The van der Waals surface area contributed by atoms with Crippen LogP contribution >= 0.6 is 12.6 Å². The number of aliphatic carboxylic acids is 1. The molecule has 0 unspecified atom stereocenters. The van der Waals surface area contributed by atoms with Gasteiger partial charge in [0.2, 0.25) is 5.91 Å². The van der Waals surface area contributed by atoms with Crippen molar-refractivity contribution in [2.45, 2.75) is 32.4 Å². The number of thiol groups is 1. The first-order chi connectivity index (χ1) is 6.88. The molecular weight excluding hydrogens is 216 g/mol. The van der Waals surface area contributed by atoms with Gasteiger partial charge in [-0.1, -0.05) is 13.8 Å². The van der Waals surface area contributed by atoms with E-state index in [1.54, 1.807) is 0 Å². The van der Waals surface area contributed by atoms with Crippen molar-refractivity contribution in [2.24, 2.45) is 11.7 Å². The minimum Gasteiger partial charge on any atom is -0.480 e. The molecule has 5 nitrogen and oxygen atoms in total. The van der Waals surface area contributed by atoms with Crippen molar-refractivity contribution in [1.29, 1.82) is 0 Å². The zero-order chi connectivity index (χ0) is 12.0. The Labute approximate surface area is 94.8 Å². The van der Waals surface area contributed by atoms with Crippen LogP contribution < -0.4 is 11.1 Å². The first-order valence-electron chi connectivity index (χ1n) is 4.78. The number of carbonyl (C=O) groups excluding carboxylic acids is 1. The molecule has 15 heavy (non-hydrogen) atoms. The van der Waals surface area contributed by atoms with Gasteiger partial charge in [-0.3, -0.25) is 4.79 Å². The summed E-state index contributed by atoms with van der Waals surface area (Å²) in [5, 5.41) is 11.0. The van der Waals surface area contributed by atoms with Gasteiger partial charge in [-0.05, 0) is 12.3 Å². The van der Waals surface area contributed by atoms with Crippen molar-refractivity contribution in [3.63, 3.8) is 0 Å². The van der Waals surface area contributed by atoms with E-state index in [0.29, 0.717) is 12.3 Å². The zero-order valence-corrected chi connectivity index (χ0v) is 9.83. The molecule has 0 bridgehead atoms. The van der Waals surface area contributed by atoms with Crippen LogP contribution in [0.3, 0.4) is 0 Å². The molecule has 0 heterocycles. The Morgan fingerprint density at radius 3 is 2.33 bits per heavy atom. The highest BCUT2D eigenvalue weighted by atomic mass is 32.1. The molecule has 0 aromatic heterocycles. The van der Waals surface area contributed by atoms with E-state index in [1.807, 2.05) is 13.8 Å². The van der Waals surface area contributed by atoms with Crippen LogP contribution in [0, 0.1) is 5.92 Å². The standard InChI is InChI=1S/C9H18N2O3S/c1-5(2)3-6(10)8(12)11-7(4-15)9(13)14/h5-7,15H,3-4,10H2,1-2H3,(H,11,12)(H,13,14)/t6-,7-/m0/s1. The second-order valence-corrected chi connectivity index (χ2v) is 4.18. The number of nitrogens with two attached hydrogens (primary N) is 1. The van der Waals surface area contributed by atoms with E-state index in [2.05, 4.69) is 17.9 Å². The molecule has 0 aliphatic carbocycles. The lowest BCUT2D eigenvalue weighted by Gasteiger charge is -2.17. The molecule has 0 spiro atoms. The third kappa shape index (κ3) is 5.64. The lowest BCUT2D eigenvalue weighted by atomic mass is 10.0. The van der Waals surface area contributed by atoms with Crippen LogP contribution in [0.4, 0.5) is 0 Å². The maximum Gasteiger partial charge on any atom is 0.327 e. The molecule has 0 aliphatic rings. The van der Waals surface area contributed by atoms with Crippen molar-refractivity contribution in [3.05, 3.63) is 0 Å². The first-order valence-corrected chi connectivity index (χ1v) is 5.41. The van der Waals surface area contributed by atoms with Gasteiger partial charge in [0.1, 0.15) is 6.04 Å². The van der Waals surface area contributed by atoms with Crippen molar-refractivity contribution < 1.29 is 14.7 Å². The molecule has 0 rings (SSSR count). The molecule has 1 amide bonds. The normalized spacial score (nSPS) is 14.7. The molecule has 88 valence electrons. The van der Waals surface area contributed by atoms with Gasteiger partial charge in [0, 0.05) is 5.75 Å². The van der Waals surface area contributed by atoms with Gasteiger partial charge in [-0.2, -0.15) is 12.6 Å². The van der Waals surface area contributed by atoms with Crippen molar-refractivity contribution in [1.82, 2.24) is 5.32 Å². The van der Waals surface area contributed by atoms with E-state index >= 15 is 0 Å². The van der Waals surface area contributed by atoms with Crippen LogP contribution in [0.1, 0.15) is 20.3 Å². The largest absolute Gasteiger partial charge is 0.480 e. The van der Waals surface area contributed by atoms with Crippen molar-refractivity contribution in [3.8, 4) is 0 Å². The Kier molecular flexibility index (Phi) is 6.35. The number of carbonyl (C=O) groups is 2. The van der Waals surface area contributed by atoms with Gasteiger partial charge < -0.3 is 16.2 Å². The fourth-order valence-corrected chi connectivity index (χ4v) is 1.33.